The van der Waals surface area contributed by atoms with Crippen molar-refractivity contribution in [3.63, 3.8) is 0 Å². The fraction of sp³-hybridized carbons (Fsp3) is 0.364. The molecule has 7 nitrogen and oxygen atoms in total. The molecule has 0 aliphatic carbocycles. The standard InChI is InChI=1S/C22H26Cl2N4O3/c1-31-12-4-9-25-21(29)17-14-16(6-8-20(17)28-10-2-3-11-28)26-22(30)27-19-7-5-15(23)13-18(19)24/h5-8,13-14H,2-4,9-12H2,1H3,(H,25,29)(H2,26,27,30). The molecule has 1 aliphatic rings. The van der Waals surface area contributed by atoms with Crippen LogP contribution < -0.4 is 20.9 Å². The minimum atomic E-state index is -0.468. The lowest BCUT2D eigenvalue weighted by atomic mass is 10.1. The summed E-state index contributed by atoms with van der Waals surface area (Å²) < 4.78 is 5.03. The Morgan fingerprint density at radius 2 is 1.84 bits per heavy atom. The van der Waals surface area contributed by atoms with Gasteiger partial charge in [0.1, 0.15) is 0 Å². The van der Waals surface area contributed by atoms with E-state index in [-0.39, 0.29) is 5.91 Å². The van der Waals surface area contributed by atoms with Gasteiger partial charge < -0.3 is 25.6 Å². The third kappa shape index (κ3) is 6.50. The van der Waals surface area contributed by atoms with E-state index in [1.54, 1.807) is 37.4 Å². The van der Waals surface area contributed by atoms with Gasteiger partial charge in [0, 0.05) is 49.7 Å². The molecule has 0 unspecified atom stereocenters. The van der Waals surface area contributed by atoms with Crippen molar-refractivity contribution in [2.24, 2.45) is 0 Å². The third-order valence-electron chi connectivity index (χ3n) is 4.94. The third-order valence-corrected chi connectivity index (χ3v) is 5.48. The van der Waals surface area contributed by atoms with Gasteiger partial charge in [-0.2, -0.15) is 0 Å². The van der Waals surface area contributed by atoms with Gasteiger partial charge in [0.15, 0.2) is 0 Å². The van der Waals surface area contributed by atoms with Crippen LogP contribution in [0.25, 0.3) is 0 Å². The van der Waals surface area contributed by atoms with E-state index in [0.29, 0.717) is 40.1 Å². The van der Waals surface area contributed by atoms with Crippen LogP contribution in [0.4, 0.5) is 21.9 Å². The zero-order valence-electron chi connectivity index (χ0n) is 17.3. The van der Waals surface area contributed by atoms with Gasteiger partial charge in [-0.3, -0.25) is 4.79 Å². The summed E-state index contributed by atoms with van der Waals surface area (Å²) in [6, 6.07) is 9.71. The number of halogens is 2. The summed E-state index contributed by atoms with van der Waals surface area (Å²) >= 11 is 12.0. The van der Waals surface area contributed by atoms with Gasteiger partial charge in [-0.25, -0.2) is 4.79 Å². The van der Waals surface area contributed by atoms with Crippen molar-refractivity contribution in [3.05, 3.63) is 52.0 Å². The molecule has 3 amide bonds. The maximum absolute atomic E-state index is 12.9. The van der Waals surface area contributed by atoms with E-state index in [2.05, 4.69) is 20.9 Å². The van der Waals surface area contributed by atoms with Crippen molar-refractivity contribution in [2.45, 2.75) is 19.3 Å². The zero-order valence-corrected chi connectivity index (χ0v) is 18.9. The Hall–Kier alpha value is -2.48. The Labute approximate surface area is 192 Å². The summed E-state index contributed by atoms with van der Waals surface area (Å²) in [5.41, 5.74) is 2.34. The van der Waals surface area contributed by atoms with Crippen molar-refractivity contribution in [1.82, 2.24) is 5.32 Å². The van der Waals surface area contributed by atoms with Crippen molar-refractivity contribution in [1.29, 1.82) is 0 Å². The number of carbonyl (C=O) groups excluding carboxylic acids is 2. The van der Waals surface area contributed by atoms with E-state index in [9.17, 15) is 9.59 Å². The SMILES string of the molecule is COCCCNC(=O)c1cc(NC(=O)Nc2ccc(Cl)cc2Cl)ccc1N1CCCC1. The second-order valence-electron chi connectivity index (χ2n) is 7.23. The summed E-state index contributed by atoms with van der Waals surface area (Å²) in [6.45, 7) is 2.91. The number of methoxy groups -OCH3 is 1. The molecular formula is C22H26Cl2N4O3. The minimum Gasteiger partial charge on any atom is -0.385 e. The van der Waals surface area contributed by atoms with E-state index in [4.69, 9.17) is 27.9 Å². The van der Waals surface area contributed by atoms with Crippen LogP contribution in [0.15, 0.2) is 36.4 Å². The smallest absolute Gasteiger partial charge is 0.323 e. The highest BCUT2D eigenvalue weighted by molar-refractivity contribution is 6.36. The molecule has 0 saturated carbocycles. The highest BCUT2D eigenvalue weighted by Gasteiger charge is 2.20. The van der Waals surface area contributed by atoms with Crippen LogP contribution in [-0.4, -0.2) is 45.3 Å². The van der Waals surface area contributed by atoms with Crippen LogP contribution in [0, 0.1) is 0 Å². The molecule has 166 valence electrons. The van der Waals surface area contributed by atoms with Gasteiger partial charge in [0.2, 0.25) is 0 Å². The van der Waals surface area contributed by atoms with Crippen LogP contribution in [0.5, 0.6) is 0 Å². The number of ether oxygens (including phenoxy) is 1. The monoisotopic (exact) mass is 464 g/mol. The number of amides is 3. The normalized spacial score (nSPS) is 13.2. The van der Waals surface area contributed by atoms with Gasteiger partial charge in [0.05, 0.1) is 16.3 Å². The van der Waals surface area contributed by atoms with Gasteiger partial charge >= 0.3 is 6.03 Å². The van der Waals surface area contributed by atoms with Gasteiger partial charge in [0.25, 0.3) is 5.91 Å². The number of benzene rings is 2. The molecule has 0 aromatic heterocycles. The molecule has 0 atom stereocenters. The molecule has 1 heterocycles. The van der Waals surface area contributed by atoms with E-state index < -0.39 is 6.03 Å². The second-order valence-corrected chi connectivity index (χ2v) is 8.08. The van der Waals surface area contributed by atoms with Crippen LogP contribution in [0.1, 0.15) is 29.6 Å². The summed E-state index contributed by atoms with van der Waals surface area (Å²) in [4.78, 5) is 27.5. The number of hydrogen-bond acceptors (Lipinski definition) is 4. The molecule has 31 heavy (non-hydrogen) atoms. The van der Waals surface area contributed by atoms with Gasteiger partial charge in [-0.1, -0.05) is 23.2 Å². The van der Waals surface area contributed by atoms with Crippen molar-refractivity contribution in [2.75, 3.05) is 48.9 Å². The first-order chi connectivity index (χ1) is 15.0. The Morgan fingerprint density at radius 1 is 1.06 bits per heavy atom. The molecule has 0 bridgehead atoms. The van der Waals surface area contributed by atoms with Gasteiger partial charge in [-0.05, 0) is 55.7 Å². The number of nitrogens with one attached hydrogen (secondary N) is 3. The van der Waals surface area contributed by atoms with Crippen molar-refractivity contribution >= 4 is 52.2 Å². The number of carbonyl (C=O) groups is 2. The Kier molecular flexibility index (Phi) is 8.40. The zero-order chi connectivity index (χ0) is 22.2. The highest BCUT2D eigenvalue weighted by Crippen LogP contribution is 2.28. The number of nitrogens with zero attached hydrogens (tertiary/aromatic N) is 1. The Morgan fingerprint density at radius 3 is 2.55 bits per heavy atom. The molecule has 0 spiro atoms. The minimum absolute atomic E-state index is 0.178. The Balaban J connectivity index is 1.74. The van der Waals surface area contributed by atoms with E-state index >= 15 is 0 Å². The average molecular weight is 465 g/mol. The molecule has 9 heteroatoms. The predicted molar refractivity (Wildman–Crippen MR) is 126 cm³/mol. The molecule has 0 radical (unpaired) electrons. The molecule has 2 aromatic carbocycles. The lowest BCUT2D eigenvalue weighted by molar-refractivity contribution is 0.0949. The molecule has 3 rings (SSSR count). The Bertz CT molecular complexity index is 933. The first-order valence-corrected chi connectivity index (χ1v) is 10.9. The number of urea groups is 1. The predicted octanol–water partition coefficient (Wildman–Crippen LogP) is 5.00. The maximum Gasteiger partial charge on any atom is 0.323 e. The first-order valence-electron chi connectivity index (χ1n) is 10.2. The maximum atomic E-state index is 12.9. The van der Waals surface area contributed by atoms with Crippen LogP contribution in [-0.2, 0) is 4.74 Å². The van der Waals surface area contributed by atoms with E-state index in [1.807, 2.05) is 6.07 Å². The average Bonchev–Trinajstić information content (AvgIpc) is 3.28. The fourth-order valence-electron chi connectivity index (χ4n) is 3.42. The van der Waals surface area contributed by atoms with Crippen LogP contribution in [0.2, 0.25) is 10.0 Å². The summed E-state index contributed by atoms with van der Waals surface area (Å²) in [7, 11) is 1.63. The van der Waals surface area contributed by atoms with Crippen molar-refractivity contribution in [3.8, 4) is 0 Å². The second kappa shape index (κ2) is 11.2. The fourth-order valence-corrected chi connectivity index (χ4v) is 3.87. The molecule has 1 aliphatic heterocycles. The number of rotatable bonds is 8. The van der Waals surface area contributed by atoms with Crippen LogP contribution in [0.3, 0.4) is 0 Å². The quantitative estimate of drug-likeness (QED) is 0.479. The van der Waals surface area contributed by atoms with E-state index in [1.165, 1.54) is 0 Å². The highest BCUT2D eigenvalue weighted by atomic mass is 35.5. The summed E-state index contributed by atoms with van der Waals surface area (Å²) in [5.74, 6) is -0.178. The molecule has 1 fully saturated rings. The molecule has 2 aromatic rings. The number of anilines is 3. The summed E-state index contributed by atoms with van der Waals surface area (Å²) in [6.07, 6.45) is 2.92. The van der Waals surface area contributed by atoms with Crippen molar-refractivity contribution < 1.29 is 14.3 Å². The largest absolute Gasteiger partial charge is 0.385 e. The molecule has 3 N–H and O–H groups in total. The van der Waals surface area contributed by atoms with E-state index in [0.717, 1.165) is 38.0 Å². The lowest BCUT2D eigenvalue weighted by Gasteiger charge is -2.22. The summed E-state index contributed by atoms with van der Waals surface area (Å²) in [5, 5.41) is 9.19. The lowest BCUT2D eigenvalue weighted by Crippen LogP contribution is -2.29. The molecular weight excluding hydrogens is 439 g/mol. The van der Waals surface area contributed by atoms with Crippen LogP contribution >= 0.6 is 23.2 Å². The molecule has 1 saturated heterocycles. The number of hydrogen-bond donors (Lipinski definition) is 3. The van der Waals surface area contributed by atoms with Gasteiger partial charge in [-0.15, -0.1) is 0 Å². The first kappa shape index (κ1) is 23.2. The topological polar surface area (TPSA) is 82.7 Å².